The summed E-state index contributed by atoms with van der Waals surface area (Å²) in [5.74, 6) is 7.17. The number of ether oxygens (including phenoxy) is 2. The van der Waals surface area contributed by atoms with Crippen molar-refractivity contribution in [3.05, 3.63) is 29.3 Å². The Labute approximate surface area is 121 Å². The van der Waals surface area contributed by atoms with Gasteiger partial charge in [0.2, 0.25) is 0 Å². The topological polar surface area (TPSA) is 56.5 Å². The highest BCUT2D eigenvalue weighted by Crippen LogP contribution is 2.26. The first kappa shape index (κ1) is 15.3. The Morgan fingerprint density at radius 3 is 2.85 bits per heavy atom. The third-order valence-corrected chi connectivity index (χ3v) is 4.04. The Bertz CT molecular complexity index is 434. The average Bonchev–Trinajstić information content (AvgIpc) is 2.90. The van der Waals surface area contributed by atoms with Crippen LogP contribution in [0.5, 0.6) is 5.75 Å². The average molecular weight is 278 g/mol. The lowest BCUT2D eigenvalue weighted by Gasteiger charge is -2.28. The molecule has 0 aliphatic carbocycles. The van der Waals surface area contributed by atoms with Crippen LogP contribution in [0, 0.1) is 5.92 Å². The number of aryl methyl sites for hydroxylation is 1. The van der Waals surface area contributed by atoms with E-state index in [2.05, 4.69) is 37.5 Å². The van der Waals surface area contributed by atoms with E-state index in [0.29, 0.717) is 5.92 Å². The van der Waals surface area contributed by atoms with E-state index in [1.54, 1.807) is 7.11 Å². The first-order valence-electron chi connectivity index (χ1n) is 7.39. The van der Waals surface area contributed by atoms with Crippen LogP contribution >= 0.6 is 0 Å². The summed E-state index contributed by atoms with van der Waals surface area (Å²) in [6.45, 7) is 5.13. The Hall–Kier alpha value is -1.10. The van der Waals surface area contributed by atoms with E-state index in [1.807, 2.05) is 0 Å². The third kappa shape index (κ3) is 3.51. The third-order valence-electron chi connectivity index (χ3n) is 4.04. The molecule has 1 aromatic rings. The Morgan fingerprint density at radius 2 is 2.20 bits per heavy atom. The summed E-state index contributed by atoms with van der Waals surface area (Å²) in [6.07, 6.45) is 3.12. The zero-order chi connectivity index (χ0) is 14.5. The maximum atomic E-state index is 5.69. The molecule has 20 heavy (non-hydrogen) atoms. The molecule has 0 aromatic heterocycles. The predicted molar refractivity (Wildman–Crippen MR) is 80.7 cm³/mol. The molecular formula is C16H26N2O2. The van der Waals surface area contributed by atoms with Gasteiger partial charge in [-0.25, -0.2) is 0 Å². The minimum absolute atomic E-state index is 0.137. The van der Waals surface area contributed by atoms with Crippen molar-refractivity contribution in [2.24, 2.45) is 11.8 Å². The second-order valence-corrected chi connectivity index (χ2v) is 5.80. The normalized spacial score (nSPS) is 16.9. The molecule has 1 heterocycles. The fraction of sp³-hybridized carbons (Fsp3) is 0.625. The number of benzene rings is 1. The molecule has 2 unspecified atom stereocenters. The van der Waals surface area contributed by atoms with Crippen molar-refractivity contribution in [2.45, 2.75) is 45.3 Å². The maximum absolute atomic E-state index is 5.69. The van der Waals surface area contributed by atoms with E-state index in [9.17, 15) is 0 Å². The van der Waals surface area contributed by atoms with Gasteiger partial charge in [-0.05, 0) is 36.0 Å². The van der Waals surface area contributed by atoms with Gasteiger partial charge < -0.3 is 9.47 Å². The first-order chi connectivity index (χ1) is 9.65. The summed E-state index contributed by atoms with van der Waals surface area (Å²) in [5, 5.41) is 0. The number of fused-ring (bicyclic) bond motifs is 1. The van der Waals surface area contributed by atoms with Crippen molar-refractivity contribution in [2.75, 3.05) is 13.7 Å². The van der Waals surface area contributed by atoms with Crippen molar-refractivity contribution in [1.82, 2.24) is 5.43 Å². The number of methoxy groups -OCH3 is 1. The standard InChI is InChI=1S/C16H26N2O2/c1-11(2)16(19-3)14(18-17)6-4-12-5-7-15-13(10-12)8-9-20-15/h5,7,10-11,14,16,18H,4,6,8-9,17H2,1-3H3. The molecule has 112 valence electrons. The largest absolute Gasteiger partial charge is 0.493 e. The van der Waals surface area contributed by atoms with Crippen LogP contribution in [-0.2, 0) is 17.6 Å². The van der Waals surface area contributed by atoms with E-state index in [4.69, 9.17) is 15.3 Å². The summed E-state index contributed by atoms with van der Waals surface area (Å²) in [6, 6.07) is 6.66. The highest BCUT2D eigenvalue weighted by molar-refractivity contribution is 5.39. The van der Waals surface area contributed by atoms with Gasteiger partial charge in [-0.2, -0.15) is 0 Å². The van der Waals surface area contributed by atoms with Gasteiger partial charge >= 0.3 is 0 Å². The highest BCUT2D eigenvalue weighted by atomic mass is 16.5. The number of nitrogens with one attached hydrogen (secondary N) is 1. The van der Waals surface area contributed by atoms with E-state index in [0.717, 1.165) is 31.6 Å². The fourth-order valence-electron chi connectivity index (χ4n) is 2.96. The molecule has 0 spiro atoms. The summed E-state index contributed by atoms with van der Waals surface area (Å²) >= 11 is 0. The van der Waals surface area contributed by atoms with E-state index >= 15 is 0 Å². The zero-order valence-electron chi connectivity index (χ0n) is 12.7. The molecule has 4 heteroatoms. The molecule has 1 aliphatic rings. The molecular weight excluding hydrogens is 252 g/mol. The second kappa shape index (κ2) is 7.07. The smallest absolute Gasteiger partial charge is 0.122 e. The van der Waals surface area contributed by atoms with Crippen LogP contribution in [0.4, 0.5) is 0 Å². The van der Waals surface area contributed by atoms with Crippen molar-refractivity contribution >= 4 is 0 Å². The van der Waals surface area contributed by atoms with Gasteiger partial charge in [0, 0.05) is 19.6 Å². The van der Waals surface area contributed by atoms with Crippen molar-refractivity contribution in [1.29, 1.82) is 0 Å². The van der Waals surface area contributed by atoms with Crippen LogP contribution in [0.1, 0.15) is 31.4 Å². The molecule has 2 atom stereocenters. The molecule has 0 amide bonds. The SMILES string of the molecule is COC(C(C)C)C(CCc1ccc2c(c1)CCO2)NN. The Morgan fingerprint density at radius 1 is 1.40 bits per heavy atom. The van der Waals surface area contributed by atoms with Gasteiger partial charge in [-0.15, -0.1) is 0 Å². The molecule has 1 aliphatic heterocycles. The summed E-state index contributed by atoms with van der Waals surface area (Å²) in [7, 11) is 1.75. The van der Waals surface area contributed by atoms with Crippen LogP contribution in [0.3, 0.4) is 0 Å². The number of hydrogen-bond acceptors (Lipinski definition) is 4. The predicted octanol–water partition coefficient (Wildman–Crippen LogP) is 2.06. The first-order valence-corrected chi connectivity index (χ1v) is 7.39. The number of hydrogen-bond donors (Lipinski definition) is 2. The van der Waals surface area contributed by atoms with Crippen LogP contribution in [-0.4, -0.2) is 25.9 Å². The molecule has 0 saturated heterocycles. The quantitative estimate of drug-likeness (QED) is 0.592. The maximum Gasteiger partial charge on any atom is 0.122 e. The minimum Gasteiger partial charge on any atom is -0.493 e. The molecule has 1 aromatic carbocycles. The van der Waals surface area contributed by atoms with Gasteiger partial charge in [-0.3, -0.25) is 11.3 Å². The summed E-state index contributed by atoms with van der Waals surface area (Å²) in [4.78, 5) is 0. The van der Waals surface area contributed by atoms with Gasteiger partial charge in [-0.1, -0.05) is 26.0 Å². The van der Waals surface area contributed by atoms with Gasteiger partial charge in [0.05, 0.1) is 12.7 Å². The highest BCUT2D eigenvalue weighted by Gasteiger charge is 2.23. The summed E-state index contributed by atoms with van der Waals surface area (Å²) in [5.41, 5.74) is 5.57. The molecule has 0 radical (unpaired) electrons. The van der Waals surface area contributed by atoms with Gasteiger partial charge in [0.1, 0.15) is 5.75 Å². The second-order valence-electron chi connectivity index (χ2n) is 5.80. The molecule has 0 saturated carbocycles. The van der Waals surface area contributed by atoms with Crippen LogP contribution < -0.4 is 16.0 Å². The number of rotatable bonds is 7. The number of nitrogens with two attached hydrogens (primary N) is 1. The molecule has 2 rings (SSSR count). The van der Waals surface area contributed by atoms with Crippen molar-refractivity contribution in [3.8, 4) is 5.75 Å². The lowest BCUT2D eigenvalue weighted by molar-refractivity contribution is 0.0308. The lowest BCUT2D eigenvalue weighted by atomic mass is 9.94. The van der Waals surface area contributed by atoms with E-state index in [-0.39, 0.29) is 12.1 Å². The molecule has 0 fully saturated rings. The van der Waals surface area contributed by atoms with Crippen molar-refractivity contribution in [3.63, 3.8) is 0 Å². The van der Waals surface area contributed by atoms with Crippen LogP contribution in [0.15, 0.2) is 18.2 Å². The van der Waals surface area contributed by atoms with Crippen LogP contribution in [0.2, 0.25) is 0 Å². The molecule has 4 nitrogen and oxygen atoms in total. The summed E-state index contributed by atoms with van der Waals surface area (Å²) < 4.78 is 11.1. The minimum atomic E-state index is 0.137. The Balaban J connectivity index is 1.96. The molecule has 3 N–H and O–H groups in total. The lowest BCUT2D eigenvalue weighted by Crippen LogP contribution is -2.47. The van der Waals surface area contributed by atoms with Crippen LogP contribution in [0.25, 0.3) is 0 Å². The monoisotopic (exact) mass is 278 g/mol. The van der Waals surface area contributed by atoms with E-state index < -0.39 is 0 Å². The van der Waals surface area contributed by atoms with Gasteiger partial charge in [0.25, 0.3) is 0 Å². The Kier molecular flexibility index (Phi) is 5.40. The van der Waals surface area contributed by atoms with E-state index in [1.165, 1.54) is 11.1 Å². The number of hydrazine groups is 1. The molecule has 0 bridgehead atoms. The fourth-order valence-corrected chi connectivity index (χ4v) is 2.96. The van der Waals surface area contributed by atoms with Crippen molar-refractivity contribution < 1.29 is 9.47 Å². The van der Waals surface area contributed by atoms with Gasteiger partial charge in [0.15, 0.2) is 0 Å². The zero-order valence-corrected chi connectivity index (χ0v) is 12.7.